The van der Waals surface area contributed by atoms with E-state index in [-0.39, 0.29) is 0 Å². The highest BCUT2D eigenvalue weighted by Gasteiger charge is 2.39. The first-order chi connectivity index (χ1) is 9.21. The number of sulfonamides is 1. The molecule has 5 heteroatoms. The third-order valence-electron chi connectivity index (χ3n) is 4.48. The van der Waals surface area contributed by atoms with Crippen LogP contribution in [0.5, 0.6) is 0 Å². The fraction of sp³-hybridized carbons (Fsp3) is 0.625. The highest BCUT2D eigenvalue weighted by atomic mass is 32.2. The summed E-state index contributed by atoms with van der Waals surface area (Å²) >= 11 is 0. The van der Waals surface area contributed by atoms with E-state index in [1.54, 1.807) is 27.7 Å². The molecule has 1 aromatic rings. The Balaban J connectivity index is 3.48. The second-order valence-corrected chi connectivity index (χ2v) is 8.50. The van der Waals surface area contributed by atoms with Gasteiger partial charge in [0.15, 0.2) is 0 Å². The largest absolute Gasteiger partial charge is 0.389 e. The molecule has 4 nitrogen and oxygen atoms in total. The number of aliphatic hydroxyl groups is 1. The molecule has 0 atom stereocenters. The summed E-state index contributed by atoms with van der Waals surface area (Å²) in [5.74, 6) is 0. The van der Waals surface area contributed by atoms with Crippen molar-refractivity contribution in [2.75, 3.05) is 0 Å². The Hall–Kier alpha value is -0.910. The predicted octanol–water partition coefficient (Wildman–Crippen LogP) is 2.75. The van der Waals surface area contributed by atoms with Crippen LogP contribution in [0, 0.1) is 27.7 Å². The van der Waals surface area contributed by atoms with Crippen molar-refractivity contribution in [3.8, 4) is 0 Å². The second-order valence-electron chi connectivity index (χ2n) is 6.88. The van der Waals surface area contributed by atoms with Gasteiger partial charge < -0.3 is 5.11 Å². The van der Waals surface area contributed by atoms with E-state index in [4.69, 9.17) is 0 Å². The van der Waals surface area contributed by atoms with Gasteiger partial charge in [-0.3, -0.25) is 0 Å². The second kappa shape index (κ2) is 5.38. The minimum absolute atomic E-state index is 0.317. The van der Waals surface area contributed by atoms with Crippen LogP contribution < -0.4 is 4.72 Å². The minimum atomic E-state index is -3.72. The summed E-state index contributed by atoms with van der Waals surface area (Å²) in [4.78, 5) is 0.317. The predicted molar refractivity (Wildman–Crippen MR) is 86.1 cm³/mol. The number of aryl methyl sites for hydroxylation is 2. The average molecular weight is 313 g/mol. The molecule has 1 aromatic carbocycles. The number of benzene rings is 1. The van der Waals surface area contributed by atoms with Gasteiger partial charge in [-0.15, -0.1) is 0 Å². The SMILES string of the molecule is Cc1cc(C)c(C)c(S(=O)(=O)NC(C)(C)C(C)(C)O)c1C. The number of hydrogen-bond acceptors (Lipinski definition) is 3. The average Bonchev–Trinajstić information content (AvgIpc) is 2.23. The van der Waals surface area contributed by atoms with E-state index in [0.717, 1.165) is 22.3 Å². The minimum Gasteiger partial charge on any atom is -0.389 e. The monoisotopic (exact) mass is 313 g/mol. The van der Waals surface area contributed by atoms with E-state index in [1.165, 1.54) is 0 Å². The Labute approximate surface area is 128 Å². The Morgan fingerprint density at radius 2 is 1.33 bits per heavy atom. The van der Waals surface area contributed by atoms with Gasteiger partial charge in [-0.05, 0) is 77.6 Å². The van der Waals surface area contributed by atoms with Crippen molar-refractivity contribution >= 4 is 10.0 Å². The molecule has 0 unspecified atom stereocenters. The molecule has 120 valence electrons. The van der Waals surface area contributed by atoms with Crippen molar-refractivity contribution in [3.63, 3.8) is 0 Å². The van der Waals surface area contributed by atoms with Crippen molar-refractivity contribution in [2.24, 2.45) is 0 Å². The van der Waals surface area contributed by atoms with Crippen LogP contribution in [-0.2, 0) is 10.0 Å². The molecule has 2 N–H and O–H groups in total. The third-order valence-corrected chi connectivity index (χ3v) is 6.41. The van der Waals surface area contributed by atoms with E-state index < -0.39 is 21.2 Å². The summed E-state index contributed by atoms with van der Waals surface area (Å²) in [5.41, 5.74) is 1.22. The topological polar surface area (TPSA) is 66.4 Å². The van der Waals surface area contributed by atoms with E-state index in [0.29, 0.717) is 4.90 Å². The maximum Gasteiger partial charge on any atom is 0.241 e. The van der Waals surface area contributed by atoms with E-state index in [1.807, 2.05) is 33.8 Å². The van der Waals surface area contributed by atoms with Gasteiger partial charge in [-0.2, -0.15) is 0 Å². The van der Waals surface area contributed by atoms with Crippen LogP contribution in [0.2, 0.25) is 0 Å². The van der Waals surface area contributed by atoms with Crippen LogP contribution in [0.25, 0.3) is 0 Å². The molecule has 1 rings (SSSR count). The number of nitrogens with one attached hydrogen (secondary N) is 1. The molecular weight excluding hydrogens is 286 g/mol. The van der Waals surface area contributed by atoms with Crippen molar-refractivity contribution < 1.29 is 13.5 Å². The zero-order valence-corrected chi connectivity index (χ0v) is 15.1. The standard InChI is InChI=1S/C16H27NO3S/c1-10-9-11(2)13(4)14(12(10)3)21(19,20)17-15(5,6)16(7,8)18/h9,17-18H,1-8H3. The first-order valence-corrected chi connectivity index (χ1v) is 8.53. The Morgan fingerprint density at radius 3 is 1.67 bits per heavy atom. The molecule has 0 aromatic heterocycles. The van der Waals surface area contributed by atoms with Gasteiger partial charge in [0.1, 0.15) is 0 Å². The normalized spacial score (nSPS) is 13.6. The van der Waals surface area contributed by atoms with Crippen LogP contribution in [0.3, 0.4) is 0 Å². The molecule has 0 spiro atoms. The first-order valence-electron chi connectivity index (χ1n) is 7.04. The van der Waals surface area contributed by atoms with Gasteiger partial charge in [0.05, 0.1) is 16.0 Å². The molecule has 0 aliphatic rings. The van der Waals surface area contributed by atoms with Gasteiger partial charge in [0, 0.05) is 0 Å². The molecule has 0 fully saturated rings. The summed E-state index contributed by atoms with van der Waals surface area (Å²) in [7, 11) is -3.72. The zero-order valence-electron chi connectivity index (χ0n) is 14.2. The Kier molecular flexibility index (Phi) is 4.64. The molecule has 0 amide bonds. The van der Waals surface area contributed by atoms with E-state index in [9.17, 15) is 13.5 Å². The van der Waals surface area contributed by atoms with E-state index >= 15 is 0 Å². The molecule has 0 radical (unpaired) electrons. The van der Waals surface area contributed by atoms with Gasteiger partial charge in [0.2, 0.25) is 10.0 Å². The van der Waals surface area contributed by atoms with Crippen LogP contribution in [0.4, 0.5) is 0 Å². The van der Waals surface area contributed by atoms with Gasteiger partial charge in [-0.1, -0.05) is 6.07 Å². The molecule has 0 aliphatic carbocycles. The van der Waals surface area contributed by atoms with Crippen molar-refractivity contribution in [1.29, 1.82) is 0 Å². The lowest BCUT2D eigenvalue weighted by Gasteiger charge is -2.38. The molecular formula is C16H27NO3S. The maximum atomic E-state index is 12.8. The first kappa shape index (κ1) is 18.1. The quantitative estimate of drug-likeness (QED) is 0.898. The Bertz CT molecular complexity index is 627. The number of hydrogen-bond donors (Lipinski definition) is 2. The van der Waals surface area contributed by atoms with Gasteiger partial charge in [0.25, 0.3) is 0 Å². The van der Waals surface area contributed by atoms with Crippen molar-refractivity contribution in [2.45, 2.75) is 71.4 Å². The summed E-state index contributed by atoms with van der Waals surface area (Å²) in [6.07, 6.45) is 0. The van der Waals surface area contributed by atoms with E-state index in [2.05, 4.69) is 4.72 Å². The van der Waals surface area contributed by atoms with Crippen LogP contribution in [-0.4, -0.2) is 24.7 Å². The zero-order chi connectivity index (χ0) is 16.8. The van der Waals surface area contributed by atoms with Crippen molar-refractivity contribution in [3.05, 3.63) is 28.3 Å². The van der Waals surface area contributed by atoms with Crippen LogP contribution in [0.15, 0.2) is 11.0 Å². The summed E-state index contributed by atoms with van der Waals surface area (Å²) in [6, 6.07) is 1.99. The summed E-state index contributed by atoms with van der Waals surface area (Å²) in [6.45, 7) is 14.0. The molecule has 0 bridgehead atoms. The summed E-state index contributed by atoms with van der Waals surface area (Å²) in [5, 5.41) is 10.2. The van der Waals surface area contributed by atoms with Crippen LogP contribution >= 0.6 is 0 Å². The lowest BCUT2D eigenvalue weighted by Crippen LogP contribution is -2.57. The third kappa shape index (κ3) is 3.47. The van der Waals surface area contributed by atoms with Crippen molar-refractivity contribution in [1.82, 2.24) is 4.72 Å². The fourth-order valence-corrected chi connectivity index (χ4v) is 4.25. The molecule has 0 saturated carbocycles. The van der Waals surface area contributed by atoms with Gasteiger partial charge >= 0.3 is 0 Å². The highest BCUT2D eigenvalue weighted by Crippen LogP contribution is 2.29. The summed E-state index contributed by atoms with van der Waals surface area (Å²) < 4.78 is 28.3. The molecule has 0 saturated heterocycles. The molecule has 21 heavy (non-hydrogen) atoms. The fourth-order valence-electron chi connectivity index (χ4n) is 2.10. The highest BCUT2D eigenvalue weighted by molar-refractivity contribution is 7.89. The molecule has 0 aliphatic heterocycles. The van der Waals surface area contributed by atoms with Crippen LogP contribution in [0.1, 0.15) is 49.9 Å². The van der Waals surface area contributed by atoms with Gasteiger partial charge in [-0.25, -0.2) is 13.1 Å². The lowest BCUT2D eigenvalue weighted by molar-refractivity contribution is 0.00637. The lowest BCUT2D eigenvalue weighted by atomic mass is 9.87. The molecule has 0 heterocycles. The maximum absolute atomic E-state index is 12.8. The number of rotatable bonds is 4. The Morgan fingerprint density at radius 1 is 0.952 bits per heavy atom. The smallest absolute Gasteiger partial charge is 0.241 e.